The van der Waals surface area contributed by atoms with Gasteiger partial charge in [0.1, 0.15) is 5.75 Å². The third-order valence-electron chi connectivity index (χ3n) is 3.06. The van der Waals surface area contributed by atoms with E-state index in [4.69, 9.17) is 15.2 Å². The van der Waals surface area contributed by atoms with E-state index in [9.17, 15) is 0 Å². The number of rotatable bonds is 4. The van der Waals surface area contributed by atoms with Gasteiger partial charge in [0, 0.05) is 5.41 Å². The zero-order valence-corrected chi connectivity index (χ0v) is 9.03. The SMILES string of the molecule is COc1cccc(C2(CCN)COC2)c1. The average molecular weight is 207 g/mol. The standard InChI is InChI=1S/C12H17NO2/c1-14-11-4-2-3-10(7-11)12(5-6-13)8-15-9-12/h2-4,7H,5-6,8-9,13H2,1H3. The van der Waals surface area contributed by atoms with Crippen molar-refractivity contribution in [1.29, 1.82) is 0 Å². The van der Waals surface area contributed by atoms with Gasteiger partial charge in [-0.05, 0) is 30.7 Å². The van der Waals surface area contributed by atoms with Crippen molar-refractivity contribution in [2.45, 2.75) is 11.8 Å². The molecule has 1 aliphatic heterocycles. The van der Waals surface area contributed by atoms with Crippen LogP contribution in [0.15, 0.2) is 24.3 Å². The zero-order valence-electron chi connectivity index (χ0n) is 9.03. The van der Waals surface area contributed by atoms with E-state index in [-0.39, 0.29) is 5.41 Å². The van der Waals surface area contributed by atoms with E-state index >= 15 is 0 Å². The minimum atomic E-state index is 0.128. The van der Waals surface area contributed by atoms with Gasteiger partial charge in [-0.3, -0.25) is 0 Å². The molecule has 1 aromatic rings. The molecule has 0 spiro atoms. The predicted octanol–water partition coefficient (Wildman–Crippen LogP) is 1.31. The lowest BCUT2D eigenvalue weighted by Gasteiger charge is -2.42. The van der Waals surface area contributed by atoms with Crippen LogP contribution in [0.5, 0.6) is 5.75 Å². The maximum atomic E-state index is 5.65. The summed E-state index contributed by atoms with van der Waals surface area (Å²) in [6, 6.07) is 8.18. The Labute approximate surface area is 90.2 Å². The molecule has 0 unspecified atom stereocenters. The fourth-order valence-corrected chi connectivity index (χ4v) is 2.03. The van der Waals surface area contributed by atoms with Crippen LogP contribution in [0.2, 0.25) is 0 Å². The summed E-state index contributed by atoms with van der Waals surface area (Å²) >= 11 is 0. The molecule has 0 amide bonds. The Morgan fingerprint density at radius 2 is 2.27 bits per heavy atom. The fraction of sp³-hybridized carbons (Fsp3) is 0.500. The Morgan fingerprint density at radius 3 is 2.80 bits per heavy atom. The highest BCUT2D eigenvalue weighted by Crippen LogP contribution is 2.36. The number of nitrogens with two attached hydrogens (primary N) is 1. The van der Waals surface area contributed by atoms with Gasteiger partial charge in [-0.1, -0.05) is 12.1 Å². The summed E-state index contributed by atoms with van der Waals surface area (Å²) in [4.78, 5) is 0. The fourth-order valence-electron chi connectivity index (χ4n) is 2.03. The molecular formula is C12H17NO2. The minimum absolute atomic E-state index is 0.128. The Balaban J connectivity index is 2.26. The van der Waals surface area contributed by atoms with E-state index in [1.165, 1.54) is 5.56 Å². The monoisotopic (exact) mass is 207 g/mol. The van der Waals surface area contributed by atoms with Crippen molar-refractivity contribution >= 4 is 0 Å². The molecule has 3 nitrogen and oxygen atoms in total. The summed E-state index contributed by atoms with van der Waals surface area (Å²) in [5.74, 6) is 0.899. The Kier molecular flexibility index (Phi) is 2.93. The van der Waals surface area contributed by atoms with Crippen LogP contribution in [-0.2, 0) is 10.2 Å². The van der Waals surface area contributed by atoms with Crippen molar-refractivity contribution in [3.8, 4) is 5.75 Å². The van der Waals surface area contributed by atoms with Gasteiger partial charge in [0.15, 0.2) is 0 Å². The highest BCUT2D eigenvalue weighted by atomic mass is 16.5. The first-order valence-corrected chi connectivity index (χ1v) is 5.23. The molecular weight excluding hydrogens is 190 g/mol. The van der Waals surface area contributed by atoms with Crippen molar-refractivity contribution in [2.24, 2.45) is 5.73 Å². The zero-order chi connectivity index (χ0) is 10.7. The number of benzene rings is 1. The maximum Gasteiger partial charge on any atom is 0.119 e. The molecule has 1 saturated heterocycles. The highest BCUT2D eigenvalue weighted by molar-refractivity contribution is 5.35. The van der Waals surface area contributed by atoms with Gasteiger partial charge in [0.25, 0.3) is 0 Å². The van der Waals surface area contributed by atoms with Gasteiger partial charge in [0.2, 0.25) is 0 Å². The molecule has 1 fully saturated rings. The molecule has 2 rings (SSSR count). The van der Waals surface area contributed by atoms with Crippen molar-refractivity contribution < 1.29 is 9.47 Å². The van der Waals surface area contributed by atoms with Crippen molar-refractivity contribution in [1.82, 2.24) is 0 Å². The molecule has 82 valence electrons. The summed E-state index contributed by atoms with van der Waals surface area (Å²) in [5, 5.41) is 0. The van der Waals surface area contributed by atoms with E-state index in [1.54, 1.807) is 7.11 Å². The van der Waals surface area contributed by atoms with Crippen LogP contribution in [0, 0.1) is 0 Å². The Morgan fingerprint density at radius 1 is 1.47 bits per heavy atom. The largest absolute Gasteiger partial charge is 0.497 e. The molecule has 1 aliphatic rings. The first-order chi connectivity index (χ1) is 7.30. The third-order valence-corrected chi connectivity index (χ3v) is 3.06. The molecule has 1 heterocycles. The average Bonchev–Trinajstić information content (AvgIpc) is 2.23. The van der Waals surface area contributed by atoms with Gasteiger partial charge < -0.3 is 15.2 Å². The lowest BCUT2D eigenvalue weighted by atomic mass is 9.76. The summed E-state index contributed by atoms with van der Waals surface area (Å²) in [6.45, 7) is 2.25. The van der Waals surface area contributed by atoms with Crippen LogP contribution < -0.4 is 10.5 Å². The Hall–Kier alpha value is -1.06. The lowest BCUT2D eigenvalue weighted by Crippen LogP contribution is -2.48. The molecule has 0 aliphatic carbocycles. The Bertz CT molecular complexity index is 334. The molecule has 1 aromatic carbocycles. The summed E-state index contributed by atoms with van der Waals surface area (Å²) in [6.07, 6.45) is 0.972. The number of methoxy groups -OCH3 is 1. The quantitative estimate of drug-likeness (QED) is 0.809. The second kappa shape index (κ2) is 4.21. The van der Waals surface area contributed by atoms with Crippen molar-refractivity contribution in [3.63, 3.8) is 0 Å². The summed E-state index contributed by atoms with van der Waals surface area (Å²) in [7, 11) is 1.69. The molecule has 0 atom stereocenters. The molecule has 0 aromatic heterocycles. The molecule has 0 radical (unpaired) electrons. The van der Waals surface area contributed by atoms with E-state index in [2.05, 4.69) is 12.1 Å². The van der Waals surface area contributed by atoms with Crippen molar-refractivity contribution in [2.75, 3.05) is 26.9 Å². The van der Waals surface area contributed by atoms with E-state index in [1.807, 2.05) is 12.1 Å². The molecule has 0 saturated carbocycles. The second-order valence-electron chi connectivity index (χ2n) is 4.04. The van der Waals surface area contributed by atoms with E-state index < -0.39 is 0 Å². The van der Waals surface area contributed by atoms with Gasteiger partial charge in [-0.2, -0.15) is 0 Å². The second-order valence-corrected chi connectivity index (χ2v) is 4.04. The van der Waals surface area contributed by atoms with Crippen LogP contribution in [0.1, 0.15) is 12.0 Å². The maximum absolute atomic E-state index is 5.65. The number of hydrogen-bond acceptors (Lipinski definition) is 3. The number of hydrogen-bond donors (Lipinski definition) is 1. The molecule has 15 heavy (non-hydrogen) atoms. The first-order valence-electron chi connectivity index (χ1n) is 5.23. The predicted molar refractivity (Wildman–Crippen MR) is 59.2 cm³/mol. The first kappa shape index (κ1) is 10.5. The van der Waals surface area contributed by atoms with Crippen LogP contribution >= 0.6 is 0 Å². The van der Waals surface area contributed by atoms with Gasteiger partial charge in [0.05, 0.1) is 20.3 Å². The normalized spacial score (nSPS) is 18.3. The van der Waals surface area contributed by atoms with E-state index in [0.717, 1.165) is 25.4 Å². The molecule has 3 heteroatoms. The molecule has 2 N–H and O–H groups in total. The topological polar surface area (TPSA) is 44.5 Å². The highest BCUT2D eigenvalue weighted by Gasteiger charge is 2.39. The van der Waals surface area contributed by atoms with Gasteiger partial charge in [-0.15, -0.1) is 0 Å². The minimum Gasteiger partial charge on any atom is -0.497 e. The van der Waals surface area contributed by atoms with Gasteiger partial charge in [-0.25, -0.2) is 0 Å². The van der Waals surface area contributed by atoms with Gasteiger partial charge >= 0.3 is 0 Å². The molecule has 0 bridgehead atoms. The number of ether oxygens (including phenoxy) is 2. The summed E-state index contributed by atoms with van der Waals surface area (Å²) in [5.41, 5.74) is 7.05. The van der Waals surface area contributed by atoms with Crippen LogP contribution in [0.4, 0.5) is 0 Å². The lowest BCUT2D eigenvalue weighted by molar-refractivity contribution is -0.0631. The van der Waals surface area contributed by atoms with E-state index in [0.29, 0.717) is 6.54 Å². The summed E-state index contributed by atoms with van der Waals surface area (Å²) < 4.78 is 10.5. The van der Waals surface area contributed by atoms with Crippen LogP contribution in [0.3, 0.4) is 0 Å². The van der Waals surface area contributed by atoms with Crippen LogP contribution in [0.25, 0.3) is 0 Å². The van der Waals surface area contributed by atoms with Crippen LogP contribution in [-0.4, -0.2) is 26.9 Å². The smallest absolute Gasteiger partial charge is 0.119 e. The van der Waals surface area contributed by atoms with Crippen molar-refractivity contribution in [3.05, 3.63) is 29.8 Å². The third kappa shape index (κ3) is 1.85.